The van der Waals surface area contributed by atoms with Crippen LogP contribution in [0, 0.1) is 5.82 Å². The number of hydrogen-bond acceptors (Lipinski definition) is 5. The number of methoxy groups -OCH3 is 1. The number of ether oxygens (including phenoxy) is 1. The SMILES string of the molecule is CNC(=O)[C@@H](Cc1ccccc1)N(Cc1ccc(F)cc1)C(=O)CN(c1cccc(Cl)c1)S(=O)(=O)c1ccc(OC)cc1. The topological polar surface area (TPSA) is 96.0 Å². The first kappa shape index (κ1) is 31.5. The van der Waals surface area contributed by atoms with Gasteiger partial charge >= 0.3 is 0 Å². The molecule has 0 aliphatic rings. The van der Waals surface area contributed by atoms with Crippen LogP contribution < -0.4 is 14.4 Å². The van der Waals surface area contributed by atoms with Gasteiger partial charge in [-0.25, -0.2) is 12.8 Å². The van der Waals surface area contributed by atoms with Crippen LogP contribution in [-0.2, 0) is 32.6 Å². The molecule has 0 radical (unpaired) electrons. The Balaban J connectivity index is 1.78. The number of rotatable bonds is 12. The molecule has 1 atom stereocenters. The third-order valence-electron chi connectivity index (χ3n) is 6.81. The molecule has 11 heteroatoms. The fraction of sp³-hybridized carbons (Fsp3) is 0.188. The largest absolute Gasteiger partial charge is 0.497 e. The summed E-state index contributed by atoms with van der Waals surface area (Å²) in [6.45, 7) is -0.714. The molecule has 43 heavy (non-hydrogen) atoms. The van der Waals surface area contributed by atoms with Gasteiger partial charge in [0, 0.05) is 25.0 Å². The third kappa shape index (κ3) is 7.91. The minimum Gasteiger partial charge on any atom is -0.497 e. The molecule has 4 rings (SSSR count). The van der Waals surface area contributed by atoms with E-state index in [4.69, 9.17) is 16.3 Å². The number of benzene rings is 4. The molecule has 0 aliphatic heterocycles. The molecule has 0 spiro atoms. The first-order chi connectivity index (χ1) is 20.6. The molecule has 0 heterocycles. The number of nitrogens with one attached hydrogen (secondary N) is 1. The Hall–Kier alpha value is -4.41. The van der Waals surface area contributed by atoms with Gasteiger partial charge in [0.15, 0.2) is 0 Å². The Bertz CT molecular complexity index is 1650. The molecule has 2 amide bonds. The quantitative estimate of drug-likeness (QED) is 0.238. The summed E-state index contributed by atoms with van der Waals surface area (Å²) in [5, 5.41) is 2.89. The van der Waals surface area contributed by atoms with E-state index < -0.39 is 40.2 Å². The number of likely N-dealkylation sites (N-methyl/N-ethyl adjacent to an activating group) is 1. The van der Waals surface area contributed by atoms with Crippen molar-refractivity contribution in [2.75, 3.05) is 25.0 Å². The van der Waals surface area contributed by atoms with Crippen molar-refractivity contribution in [2.24, 2.45) is 0 Å². The van der Waals surface area contributed by atoms with Gasteiger partial charge in [-0.3, -0.25) is 13.9 Å². The average Bonchev–Trinajstić information content (AvgIpc) is 3.02. The minimum atomic E-state index is -4.29. The summed E-state index contributed by atoms with van der Waals surface area (Å²) in [6.07, 6.45) is 0.163. The highest BCUT2D eigenvalue weighted by molar-refractivity contribution is 7.92. The van der Waals surface area contributed by atoms with Gasteiger partial charge in [-0.2, -0.15) is 0 Å². The van der Waals surface area contributed by atoms with E-state index in [2.05, 4.69) is 5.32 Å². The highest BCUT2D eigenvalue weighted by atomic mass is 35.5. The van der Waals surface area contributed by atoms with E-state index in [1.165, 1.54) is 79.7 Å². The molecule has 0 saturated carbocycles. The lowest BCUT2D eigenvalue weighted by molar-refractivity contribution is -0.139. The number of hydrogen-bond donors (Lipinski definition) is 1. The van der Waals surface area contributed by atoms with Crippen molar-refractivity contribution in [3.8, 4) is 5.75 Å². The summed E-state index contributed by atoms with van der Waals surface area (Å²) in [5.74, 6) is -1.08. The third-order valence-corrected chi connectivity index (χ3v) is 8.83. The number of carbonyl (C=O) groups excluding carboxylic acids is 2. The number of nitrogens with zero attached hydrogens (tertiary/aromatic N) is 2. The zero-order valence-electron chi connectivity index (χ0n) is 23.6. The summed E-state index contributed by atoms with van der Waals surface area (Å²) in [4.78, 5) is 28.7. The van der Waals surface area contributed by atoms with Gasteiger partial charge in [0.1, 0.15) is 24.2 Å². The lowest BCUT2D eigenvalue weighted by atomic mass is 10.0. The van der Waals surface area contributed by atoms with Crippen LogP contribution in [0.3, 0.4) is 0 Å². The molecule has 0 saturated heterocycles. The molecule has 0 aromatic heterocycles. The van der Waals surface area contributed by atoms with E-state index in [0.717, 1.165) is 9.87 Å². The van der Waals surface area contributed by atoms with E-state index >= 15 is 0 Å². The van der Waals surface area contributed by atoms with Gasteiger partial charge in [-0.1, -0.05) is 60.1 Å². The van der Waals surface area contributed by atoms with E-state index in [0.29, 0.717) is 11.3 Å². The normalized spacial score (nSPS) is 11.8. The summed E-state index contributed by atoms with van der Waals surface area (Å²) in [5.41, 5.74) is 1.52. The van der Waals surface area contributed by atoms with Crippen molar-refractivity contribution in [3.05, 3.63) is 125 Å². The summed E-state index contributed by atoms with van der Waals surface area (Å²) >= 11 is 6.23. The predicted octanol–water partition coefficient (Wildman–Crippen LogP) is 5.07. The Morgan fingerprint density at radius 3 is 2.19 bits per heavy atom. The molecule has 1 N–H and O–H groups in total. The van der Waals surface area contributed by atoms with Gasteiger partial charge in [0.05, 0.1) is 17.7 Å². The molecule has 224 valence electrons. The highest BCUT2D eigenvalue weighted by Crippen LogP contribution is 2.28. The van der Waals surface area contributed by atoms with Gasteiger partial charge < -0.3 is 15.0 Å². The molecular formula is C32H31ClFN3O5S. The van der Waals surface area contributed by atoms with Gasteiger partial charge in [0.25, 0.3) is 10.0 Å². The summed E-state index contributed by atoms with van der Waals surface area (Å²) in [7, 11) is -1.36. The maximum atomic E-state index is 14.2. The Morgan fingerprint density at radius 1 is 0.907 bits per heavy atom. The zero-order valence-corrected chi connectivity index (χ0v) is 25.2. The van der Waals surface area contributed by atoms with Crippen LogP contribution in [0.4, 0.5) is 10.1 Å². The van der Waals surface area contributed by atoms with Gasteiger partial charge in [-0.05, 0) is 65.7 Å². The van der Waals surface area contributed by atoms with Crippen LogP contribution in [0.2, 0.25) is 5.02 Å². The molecule has 0 bridgehead atoms. The number of amides is 2. The maximum absolute atomic E-state index is 14.2. The fourth-order valence-electron chi connectivity index (χ4n) is 4.54. The Kier molecular flexibility index (Phi) is 10.4. The number of halogens is 2. The van der Waals surface area contributed by atoms with Crippen molar-refractivity contribution >= 4 is 39.1 Å². The summed E-state index contributed by atoms with van der Waals surface area (Å²) < 4.78 is 47.8. The van der Waals surface area contributed by atoms with Crippen molar-refractivity contribution in [3.63, 3.8) is 0 Å². The molecule has 4 aromatic rings. The predicted molar refractivity (Wildman–Crippen MR) is 164 cm³/mol. The smallest absolute Gasteiger partial charge is 0.264 e. The lowest BCUT2D eigenvalue weighted by Gasteiger charge is -2.33. The molecule has 0 aliphatic carbocycles. The van der Waals surface area contributed by atoms with Crippen molar-refractivity contribution in [2.45, 2.75) is 23.9 Å². The van der Waals surface area contributed by atoms with Crippen LogP contribution >= 0.6 is 11.6 Å². The molecule has 4 aromatic carbocycles. The van der Waals surface area contributed by atoms with E-state index in [1.807, 2.05) is 30.3 Å². The second-order valence-corrected chi connectivity index (χ2v) is 11.9. The lowest BCUT2D eigenvalue weighted by Crippen LogP contribution is -2.53. The molecule has 0 unspecified atom stereocenters. The van der Waals surface area contributed by atoms with E-state index in [9.17, 15) is 22.4 Å². The number of sulfonamides is 1. The molecule has 8 nitrogen and oxygen atoms in total. The van der Waals surface area contributed by atoms with E-state index in [-0.39, 0.29) is 28.6 Å². The number of carbonyl (C=O) groups is 2. The first-order valence-corrected chi connectivity index (χ1v) is 15.2. The second-order valence-electron chi connectivity index (χ2n) is 9.63. The zero-order chi connectivity index (χ0) is 31.0. The number of anilines is 1. The van der Waals surface area contributed by atoms with Crippen molar-refractivity contribution in [1.82, 2.24) is 10.2 Å². The van der Waals surface area contributed by atoms with Crippen LogP contribution in [0.1, 0.15) is 11.1 Å². The Labute approximate surface area is 255 Å². The van der Waals surface area contributed by atoms with Crippen molar-refractivity contribution < 1.29 is 27.1 Å². The maximum Gasteiger partial charge on any atom is 0.264 e. The van der Waals surface area contributed by atoms with Crippen molar-refractivity contribution in [1.29, 1.82) is 0 Å². The van der Waals surface area contributed by atoms with Gasteiger partial charge in [0.2, 0.25) is 11.8 Å². The molecular weight excluding hydrogens is 593 g/mol. The standard InChI is InChI=1S/C32H31ClFN3O5S/c1-35-32(39)30(19-23-7-4-3-5-8-23)36(21-24-11-13-26(34)14-12-24)31(38)22-37(27-10-6-9-25(33)20-27)43(40,41)29-17-15-28(42-2)16-18-29/h3-18,20,30H,19,21-22H2,1-2H3,(H,35,39)/t30-/m1/s1. The highest BCUT2D eigenvalue weighted by Gasteiger charge is 2.34. The van der Waals surface area contributed by atoms with Crippen LogP contribution in [-0.4, -0.2) is 51.9 Å². The summed E-state index contributed by atoms with van der Waals surface area (Å²) in [6, 6.07) is 25.6. The fourth-order valence-corrected chi connectivity index (χ4v) is 6.13. The van der Waals surface area contributed by atoms with Crippen LogP contribution in [0.25, 0.3) is 0 Å². The van der Waals surface area contributed by atoms with E-state index in [1.54, 1.807) is 12.1 Å². The first-order valence-electron chi connectivity index (χ1n) is 13.3. The average molecular weight is 624 g/mol. The molecule has 0 fully saturated rings. The Morgan fingerprint density at radius 2 is 1.58 bits per heavy atom. The van der Waals surface area contributed by atoms with Crippen LogP contribution in [0.5, 0.6) is 5.75 Å². The second kappa shape index (κ2) is 14.2. The minimum absolute atomic E-state index is 0.0710. The van der Waals surface area contributed by atoms with Crippen LogP contribution in [0.15, 0.2) is 108 Å². The van der Waals surface area contributed by atoms with Gasteiger partial charge in [-0.15, -0.1) is 0 Å². The monoisotopic (exact) mass is 623 g/mol.